The van der Waals surface area contributed by atoms with Crippen LogP contribution in [0.1, 0.15) is 12.8 Å². The van der Waals surface area contributed by atoms with Gasteiger partial charge in [-0.1, -0.05) is 0 Å². The lowest BCUT2D eigenvalue weighted by molar-refractivity contribution is -0.120. The lowest BCUT2D eigenvalue weighted by Gasteiger charge is -2.27. The fourth-order valence-corrected chi connectivity index (χ4v) is 3.60. The molecule has 0 radical (unpaired) electrons. The van der Waals surface area contributed by atoms with Crippen molar-refractivity contribution in [2.24, 2.45) is 5.92 Å². The van der Waals surface area contributed by atoms with Crippen molar-refractivity contribution in [3.05, 3.63) is 41.6 Å². The zero-order chi connectivity index (χ0) is 14.3. The third-order valence-electron chi connectivity index (χ3n) is 3.51. The van der Waals surface area contributed by atoms with Gasteiger partial charge in [0.25, 0.3) is 0 Å². The number of amides is 1. The van der Waals surface area contributed by atoms with Crippen molar-refractivity contribution in [2.75, 3.05) is 10.7 Å². The second-order valence-electron chi connectivity index (χ2n) is 5.18. The van der Waals surface area contributed by atoms with E-state index in [0.717, 1.165) is 18.2 Å². The maximum atomic E-state index is 13.0. The predicted octanol–water partition coefficient (Wildman–Crippen LogP) is 1.88. The van der Waals surface area contributed by atoms with Crippen LogP contribution in [0.5, 0.6) is 0 Å². The van der Waals surface area contributed by atoms with E-state index in [1.54, 1.807) is 0 Å². The number of hydrogen-bond donors (Lipinski definition) is 0. The number of benzene rings is 1. The first-order chi connectivity index (χ1) is 9.46. The van der Waals surface area contributed by atoms with E-state index in [9.17, 15) is 17.6 Å². The van der Waals surface area contributed by atoms with E-state index in [1.807, 2.05) is 0 Å². The molecule has 1 fully saturated rings. The number of rotatable bonds is 3. The maximum absolute atomic E-state index is 13.0. The summed E-state index contributed by atoms with van der Waals surface area (Å²) in [5, 5.41) is 1.15. The summed E-state index contributed by atoms with van der Waals surface area (Å²) < 4.78 is 36.1. The summed E-state index contributed by atoms with van der Waals surface area (Å²) in [5.41, 5.74) is 0.537. The van der Waals surface area contributed by atoms with Gasteiger partial charge >= 0.3 is 0 Å². The minimum atomic E-state index is -3.24. The molecule has 20 heavy (non-hydrogen) atoms. The highest BCUT2D eigenvalue weighted by atomic mass is 32.2. The minimum absolute atomic E-state index is 0.0308. The van der Waals surface area contributed by atoms with Crippen molar-refractivity contribution in [3.8, 4) is 0 Å². The third-order valence-corrected chi connectivity index (χ3v) is 4.89. The quantitative estimate of drug-likeness (QED) is 0.855. The summed E-state index contributed by atoms with van der Waals surface area (Å²) in [6, 6.07) is 5.06. The van der Waals surface area contributed by atoms with Gasteiger partial charge in [-0.3, -0.25) is 4.79 Å². The van der Waals surface area contributed by atoms with Crippen molar-refractivity contribution >= 4 is 21.4 Å². The van der Waals surface area contributed by atoms with E-state index in [-0.39, 0.29) is 23.4 Å². The van der Waals surface area contributed by atoms with E-state index in [4.69, 9.17) is 0 Å². The van der Waals surface area contributed by atoms with Gasteiger partial charge < -0.3 is 4.90 Å². The highest BCUT2D eigenvalue weighted by molar-refractivity contribution is 7.94. The molecule has 0 saturated heterocycles. The molecule has 0 N–H and O–H groups in total. The Hall–Kier alpha value is -1.69. The Balaban J connectivity index is 1.94. The van der Waals surface area contributed by atoms with Gasteiger partial charge in [0.15, 0.2) is 9.84 Å². The average Bonchev–Trinajstić information content (AvgIpc) is 3.17. The van der Waals surface area contributed by atoms with Crippen LogP contribution in [0.3, 0.4) is 0 Å². The number of carbonyl (C=O) groups is 1. The molecule has 106 valence electrons. The van der Waals surface area contributed by atoms with E-state index in [0.29, 0.717) is 5.69 Å². The van der Waals surface area contributed by atoms with Gasteiger partial charge in [0.2, 0.25) is 5.91 Å². The Morgan fingerprint density at radius 1 is 1.20 bits per heavy atom. The van der Waals surface area contributed by atoms with Gasteiger partial charge in [0, 0.05) is 17.0 Å². The van der Waals surface area contributed by atoms with Crippen LogP contribution in [-0.4, -0.2) is 26.1 Å². The molecule has 1 aliphatic carbocycles. The average molecular weight is 295 g/mol. The number of anilines is 1. The van der Waals surface area contributed by atoms with Crippen molar-refractivity contribution < 1.29 is 17.6 Å². The second-order valence-corrected chi connectivity index (χ2v) is 7.12. The first-order valence-electron chi connectivity index (χ1n) is 6.46. The molecule has 1 heterocycles. The molecule has 0 spiro atoms. The van der Waals surface area contributed by atoms with Crippen LogP contribution in [0.2, 0.25) is 0 Å². The Bertz CT molecular complexity index is 662. The molecule has 6 heteroatoms. The molecule has 1 aromatic rings. The summed E-state index contributed by atoms with van der Waals surface area (Å²) in [7, 11) is -3.24. The molecule has 1 saturated carbocycles. The van der Waals surface area contributed by atoms with Crippen LogP contribution in [0, 0.1) is 11.7 Å². The standard InChI is InChI=1S/C14H14FNO3S/c15-11-3-5-12(6-4-11)16(14(17)10-1-2-10)13-7-8-20(18,19)9-13/h3-8,10,13H,1-2,9H2. The Kier molecular flexibility index (Phi) is 3.12. The fourth-order valence-electron chi connectivity index (χ4n) is 2.33. The van der Waals surface area contributed by atoms with Crippen LogP contribution in [0.15, 0.2) is 35.7 Å². The van der Waals surface area contributed by atoms with Gasteiger partial charge in [0.05, 0.1) is 11.8 Å². The molecule has 2 aliphatic rings. The number of halogens is 1. The topological polar surface area (TPSA) is 54.5 Å². The number of nitrogens with zero attached hydrogens (tertiary/aromatic N) is 1. The second kappa shape index (κ2) is 4.70. The molecule has 1 unspecified atom stereocenters. The molecule has 1 amide bonds. The minimum Gasteiger partial charge on any atom is -0.304 e. The van der Waals surface area contributed by atoms with E-state index in [2.05, 4.69) is 0 Å². The molecule has 0 bridgehead atoms. The van der Waals surface area contributed by atoms with Gasteiger partial charge in [-0.05, 0) is 43.2 Å². The molecular formula is C14H14FNO3S. The summed E-state index contributed by atoms with van der Waals surface area (Å²) in [6.07, 6.45) is 3.19. The molecule has 4 nitrogen and oxygen atoms in total. The largest absolute Gasteiger partial charge is 0.304 e. The van der Waals surface area contributed by atoms with Crippen LogP contribution in [0.25, 0.3) is 0 Å². The smallest absolute Gasteiger partial charge is 0.230 e. The molecule has 1 atom stereocenters. The number of sulfone groups is 1. The predicted molar refractivity (Wildman–Crippen MR) is 73.3 cm³/mol. The van der Waals surface area contributed by atoms with E-state index in [1.165, 1.54) is 35.2 Å². The number of carbonyl (C=O) groups excluding carboxylic acids is 1. The molecule has 1 aromatic carbocycles. The van der Waals surface area contributed by atoms with E-state index < -0.39 is 15.9 Å². The third kappa shape index (κ3) is 2.60. The summed E-state index contributed by atoms with van der Waals surface area (Å²) in [6.45, 7) is 0. The highest BCUT2D eigenvalue weighted by Crippen LogP contribution is 2.34. The zero-order valence-electron chi connectivity index (χ0n) is 10.7. The number of hydrogen-bond acceptors (Lipinski definition) is 3. The summed E-state index contributed by atoms with van der Waals surface area (Å²) in [4.78, 5) is 13.9. The zero-order valence-corrected chi connectivity index (χ0v) is 11.5. The molecule has 3 rings (SSSR count). The molecular weight excluding hydrogens is 281 g/mol. The van der Waals surface area contributed by atoms with Gasteiger partial charge in [-0.25, -0.2) is 12.8 Å². The maximum Gasteiger partial charge on any atom is 0.230 e. The van der Waals surface area contributed by atoms with Crippen LogP contribution < -0.4 is 4.90 Å². The SMILES string of the molecule is O=C(C1CC1)N(c1ccc(F)cc1)C1C=CS(=O)(=O)C1. The Morgan fingerprint density at radius 2 is 1.85 bits per heavy atom. The first-order valence-corrected chi connectivity index (χ1v) is 8.17. The lowest BCUT2D eigenvalue weighted by atomic mass is 10.2. The summed E-state index contributed by atoms with van der Waals surface area (Å²) >= 11 is 0. The summed E-state index contributed by atoms with van der Waals surface area (Å²) in [5.74, 6) is -0.606. The van der Waals surface area contributed by atoms with Crippen LogP contribution >= 0.6 is 0 Å². The Morgan fingerprint density at radius 3 is 2.35 bits per heavy atom. The highest BCUT2D eigenvalue weighted by Gasteiger charge is 2.39. The first kappa shape index (κ1) is 13.3. The van der Waals surface area contributed by atoms with Crippen LogP contribution in [0.4, 0.5) is 10.1 Å². The van der Waals surface area contributed by atoms with Gasteiger partial charge in [-0.15, -0.1) is 0 Å². The van der Waals surface area contributed by atoms with Gasteiger partial charge in [-0.2, -0.15) is 0 Å². The van der Waals surface area contributed by atoms with Crippen molar-refractivity contribution in [3.63, 3.8) is 0 Å². The van der Waals surface area contributed by atoms with Crippen molar-refractivity contribution in [1.29, 1.82) is 0 Å². The fraction of sp³-hybridized carbons (Fsp3) is 0.357. The van der Waals surface area contributed by atoms with E-state index >= 15 is 0 Å². The lowest BCUT2D eigenvalue weighted by Crippen LogP contribution is -2.42. The Labute approximate surface area is 116 Å². The van der Waals surface area contributed by atoms with Crippen LogP contribution in [-0.2, 0) is 14.6 Å². The van der Waals surface area contributed by atoms with Crippen molar-refractivity contribution in [1.82, 2.24) is 0 Å². The van der Waals surface area contributed by atoms with Crippen molar-refractivity contribution in [2.45, 2.75) is 18.9 Å². The molecule has 1 aliphatic heterocycles. The molecule has 0 aromatic heterocycles. The monoisotopic (exact) mass is 295 g/mol. The normalized spacial score (nSPS) is 23.8. The van der Waals surface area contributed by atoms with Gasteiger partial charge in [0.1, 0.15) is 5.82 Å².